The quantitative estimate of drug-likeness (QED) is 0.906. The van der Waals surface area contributed by atoms with E-state index >= 15 is 0 Å². The molecule has 0 fully saturated rings. The second-order valence-electron chi connectivity index (χ2n) is 6.02. The first kappa shape index (κ1) is 15.3. The van der Waals surface area contributed by atoms with Crippen molar-refractivity contribution in [1.82, 2.24) is 9.78 Å². The van der Waals surface area contributed by atoms with Gasteiger partial charge in [0, 0.05) is 18.4 Å². The summed E-state index contributed by atoms with van der Waals surface area (Å²) in [6.07, 6.45) is 1.94. The van der Waals surface area contributed by atoms with Crippen LogP contribution in [0.1, 0.15) is 42.4 Å². The molecule has 0 saturated heterocycles. The molecule has 0 amide bonds. The first-order valence-electron chi connectivity index (χ1n) is 6.86. The van der Waals surface area contributed by atoms with Gasteiger partial charge in [-0.05, 0) is 29.5 Å². The molecule has 2 rings (SSSR count). The van der Waals surface area contributed by atoms with E-state index in [4.69, 9.17) is 10.2 Å². The molecule has 0 saturated carbocycles. The molecule has 0 aliphatic rings. The number of carboxylic acid groups (broad SMARTS) is 1. The zero-order valence-electron chi connectivity index (χ0n) is 12.5. The van der Waals surface area contributed by atoms with Gasteiger partial charge in [-0.3, -0.25) is 0 Å². The van der Waals surface area contributed by atoms with E-state index < -0.39 is 5.97 Å². The van der Waals surface area contributed by atoms with Crippen molar-refractivity contribution < 1.29 is 15.0 Å². The Kier molecular flexibility index (Phi) is 4.14. The molecule has 1 aromatic carbocycles. The van der Waals surface area contributed by atoms with Crippen molar-refractivity contribution in [2.75, 3.05) is 6.61 Å². The second kappa shape index (κ2) is 5.69. The number of hydrogen-bond acceptors (Lipinski definition) is 3. The van der Waals surface area contributed by atoms with Gasteiger partial charge < -0.3 is 10.2 Å². The summed E-state index contributed by atoms with van der Waals surface area (Å²) in [7, 11) is 0. The second-order valence-corrected chi connectivity index (χ2v) is 6.02. The Morgan fingerprint density at radius 1 is 1.24 bits per heavy atom. The van der Waals surface area contributed by atoms with Gasteiger partial charge in [0.1, 0.15) is 0 Å². The number of hydrogen-bond donors (Lipinski definition) is 2. The highest BCUT2D eigenvalue weighted by molar-refractivity contribution is 5.87. The lowest BCUT2D eigenvalue weighted by Gasteiger charge is -2.19. The van der Waals surface area contributed by atoms with Crippen LogP contribution >= 0.6 is 0 Å². The molecule has 21 heavy (non-hydrogen) atoms. The molecule has 5 nitrogen and oxygen atoms in total. The Balaban J connectivity index is 2.38. The molecule has 0 radical (unpaired) electrons. The van der Waals surface area contributed by atoms with E-state index in [1.165, 1.54) is 5.56 Å². The van der Waals surface area contributed by atoms with E-state index in [1.54, 1.807) is 10.9 Å². The normalized spacial score (nSPS) is 11.6. The maximum atomic E-state index is 11.2. The van der Waals surface area contributed by atoms with Gasteiger partial charge in [-0.1, -0.05) is 32.9 Å². The topological polar surface area (TPSA) is 75.4 Å². The minimum atomic E-state index is -1.08. The highest BCUT2D eigenvalue weighted by Crippen LogP contribution is 2.23. The first-order chi connectivity index (χ1) is 9.82. The van der Waals surface area contributed by atoms with E-state index in [1.807, 2.05) is 24.3 Å². The van der Waals surface area contributed by atoms with E-state index in [2.05, 4.69) is 25.9 Å². The van der Waals surface area contributed by atoms with Gasteiger partial charge in [0.2, 0.25) is 0 Å². The molecule has 0 aliphatic heterocycles. The van der Waals surface area contributed by atoms with Crippen molar-refractivity contribution in [3.8, 4) is 5.69 Å². The zero-order valence-corrected chi connectivity index (χ0v) is 12.5. The SMILES string of the molecule is CC(C)(C)c1ccc(-n2cc(CCO)c(C(=O)O)n2)cc1. The average Bonchev–Trinajstić information content (AvgIpc) is 2.82. The van der Waals surface area contributed by atoms with Crippen molar-refractivity contribution >= 4 is 5.97 Å². The van der Waals surface area contributed by atoms with E-state index in [0.717, 1.165) is 5.69 Å². The Morgan fingerprint density at radius 2 is 1.86 bits per heavy atom. The summed E-state index contributed by atoms with van der Waals surface area (Å²) in [6.45, 7) is 6.31. The molecule has 112 valence electrons. The van der Waals surface area contributed by atoms with Crippen LogP contribution in [0.15, 0.2) is 30.5 Å². The summed E-state index contributed by atoms with van der Waals surface area (Å²) < 4.78 is 1.54. The lowest BCUT2D eigenvalue weighted by molar-refractivity contribution is 0.0688. The maximum absolute atomic E-state index is 11.2. The fourth-order valence-electron chi connectivity index (χ4n) is 2.14. The van der Waals surface area contributed by atoms with Gasteiger partial charge in [0.15, 0.2) is 5.69 Å². The third-order valence-electron chi connectivity index (χ3n) is 3.37. The third kappa shape index (κ3) is 3.31. The summed E-state index contributed by atoms with van der Waals surface area (Å²) >= 11 is 0. The van der Waals surface area contributed by atoms with Crippen LogP contribution in [-0.4, -0.2) is 32.6 Å². The lowest BCUT2D eigenvalue weighted by Crippen LogP contribution is -2.11. The Morgan fingerprint density at radius 3 is 2.33 bits per heavy atom. The van der Waals surface area contributed by atoms with Gasteiger partial charge in [-0.15, -0.1) is 0 Å². The largest absolute Gasteiger partial charge is 0.476 e. The molecule has 1 aromatic heterocycles. The first-order valence-corrected chi connectivity index (χ1v) is 6.86. The molecule has 0 unspecified atom stereocenters. The summed E-state index contributed by atoms with van der Waals surface area (Å²) in [5.41, 5.74) is 2.59. The zero-order chi connectivity index (χ0) is 15.6. The van der Waals surface area contributed by atoms with Crippen LogP contribution in [0, 0.1) is 0 Å². The van der Waals surface area contributed by atoms with Crippen molar-refractivity contribution in [2.24, 2.45) is 0 Å². The van der Waals surface area contributed by atoms with Crippen LogP contribution in [-0.2, 0) is 11.8 Å². The number of nitrogens with zero attached hydrogens (tertiary/aromatic N) is 2. The van der Waals surface area contributed by atoms with Gasteiger partial charge in [-0.25, -0.2) is 9.48 Å². The van der Waals surface area contributed by atoms with E-state index in [9.17, 15) is 4.79 Å². The molecular weight excluding hydrogens is 268 g/mol. The van der Waals surface area contributed by atoms with E-state index in [-0.39, 0.29) is 24.1 Å². The number of aliphatic hydroxyl groups is 1. The van der Waals surface area contributed by atoms with Crippen LogP contribution in [0.25, 0.3) is 5.69 Å². The third-order valence-corrected chi connectivity index (χ3v) is 3.37. The summed E-state index contributed by atoms with van der Waals surface area (Å²) in [4.78, 5) is 11.2. The van der Waals surface area contributed by atoms with Crippen molar-refractivity contribution in [3.05, 3.63) is 47.3 Å². The number of carbonyl (C=O) groups is 1. The van der Waals surface area contributed by atoms with Crippen molar-refractivity contribution in [1.29, 1.82) is 0 Å². The van der Waals surface area contributed by atoms with Crippen LogP contribution < -0.4 is 0 Å². The summed E-state index contributed by atoms with van der Waals surface area (Å²) in [6, 6.07) is 7.87. The monoisotopic (exact) mass is 288 g/mol. The smallest absolute Gasteiger partial charge is 0.356 e. The maximum Gasteiger partial charge on any atom is 0.356 e. The number of benzene rings is 1. The van der Waals surface area contributed by atoms with E-state index in [0.29, 0.717) is 5.56 Å². The number of aromatic carboxylic acids is 1. The van der Waals surface area contributed by atoms with Gasteiger partial charge in [0.05, 0.1) is 5.69 Å². The number of rotatable bonds is 4. The standard InChI is InChI=1S/C16H20N2O3/c1-16(2,3)12-4-6-13(7-5-12)18-10-11(8-9-19)14(17-18)15(20)21/h4-7,10,19H,8-9H2,1-3H3,(H,20,21). The average molecular weight is 288 g/mol. The highest BCUT2D eigenvalue weighted by atomic mass is 16.4. The highest BCUT2D eigenvalue weighted by Gasteiger charge is 2.17. The van der Waals surface area contributed by atoms with Gasteiger partial charge >= 0.3 is 5.97 Å². The minimum Gasteiger partial charge on any atom is -0.476 e. The van der Waals surface area contributed by atoms with Gasteiger partial charge in [0.25, 0.3) is 0 Å². The summed E-state index contributed by atoms with van der Waals surface area (Å²) in [5.74, 6) is -1.08. The number of carboxylic acids is 1. The Labute approximate surface area is 123 Å². The summed E-state index contributed by atoms with van der Waals surface area (Å²) in [5, 5.41) is 22.2. The molecule has 0 bridgehead atoms. The van der Waals surface area contributed by atoms with Crippen LogP contribution in [0.4, 0.5) is 0 Å². The van der Waals surface area contributed by atoms with Crippen LogP contribution in [0.5, 0.6) is 0 Å². The molecule has 0 spiro atoms. The molecular formula is C16H20N2O3. The molecule has 5 heteroatoms. The lowest BCUT2D eigenvalue weighted by atomic mass is 9.87. The predicted octanol–water partition coefficient (Wildman–Crippen LogP) is 2.40. The number of aliphatic hydroxyl groups excluding tert-OH is 1. The predicted molar refractivity (Wildman–Crippen MR) is 80.0 cm³/mol. The van der Waals surface area contributed by atoms with Crippen LogP contribution in [0.2, 0.25) is 0 Å². The van der Waals surface area contributed by atoms with Crippen LogP contribution in [0.3, 0.4) is 0 Å². The fourth-order valence-corrected chi connectivity index (χ4v) is 2.14. The minimum absolute atomic E-state index is 0.0102. The molecule has 2 N–H and O–H groups in total. The Hall–Kier alpha value is -2.14. The molecule has 0 aliphatic carbocycles. The molecule has 1 heterocycles. The van der Waals surface area contributed by atoms with Crippen molar-refractivity contribution in [2.45, 2.75) is 32.6 Å². The number of aromatic nitrogens is 2. The Bertz CT molecular complexity index is 637. The molecule has 2 aromatic rings. The van der Waals surface area contributed by atoms with Gasteiger partial charge in [-0.2, -0.15) is 5.10 Å². The van der Waals surface area contributed by atoms with Crippen molar-refractivity contribution in [3.63, 3.8) is 0 Å². The fraction of sp³-hybridized carbons (Fsp3) is 0.375. The molecule has 0 atom stereocenters.